The summed E-state index contributed by atoms with van der Waals surface area (Å²) in [5.41, 5.74) is 3.65. The number of hydrogen-bond acceptors (Lipinski definition) is 7. The van der Waals surface area contributed by atoms with E-state index in [1.54, 1.807) is 4.90 Å². The Kier molecular flexibility index (Phi) is 7.84. The highest BCUT2D eigenvalue weighted by molar-refractivity contribution is 5.80. The average molecular weight is 561 g/mol. The average Bonchev–Trinajstić information content (AvgIpc) is 2.98. The van der Waals surface area contributed by atoms with Crippen LogP contribution in [0.5, 0.6) is 11.6 Å². The SMILES string of the molecule is C#C[C@@]1(O)CC[C@@H](C(=O)N2CCC(O)(Cn3cnc(Oc4ccc(F)cc4)c(N)c3=O)CC2)[C@H](c2ccccc2)C1. The fourth-order valence-electron chi connectivity index (χ4n) is 5.83. The largest absolute Gasteiger partial charge is 0.437 e. The first-order valence-corrected chi connectivity index (χ1v) is 13.6. The Labute approximate surface area is 237 Å². The van der Waals surface area contributed by atoms with Crippen molar-refractivity contribution < 1.29 is 24.1 Å². The molecule has 0 radical (unpaired) electrons. The first kappa shape index (κ1) is 28.3. The molecule has 0 unspecified atom stereocenters. The number of ether oxygens (including phenoxy) is 1. The van der Waals surface area contributed by atoms with E-state index in [4.69, 9.17) is 16.9 Å². The maximum Gasteiger partial charge on any atom is 0.280 e. The third-order valence-electron chi connectivity index (χ3n) is 8.26. The van der Waals surface area contributed by atoms with Crippen LogP contribution in [0.25, 0.3) is 0 Å². The lowest BCUT2D eigenvalue weighted by Gasteiger charge is -2.43. The number of nitrogens with zero attached hydrogens (tertiary/aromatic N) is 3. The van der Waals surface area contributed by atoms with Gasteiger partial charge in [-0.3, -0.25) is 14.2 Å². The van der Waals surface area contributed by atoms with Gasteiger partial charge in [-0.1, -0.05) is 36.3 Å². The van der Waals surface area contributed by atoms with Gasteiger partial charge in [-0.25, -0.2) is 9.37 Å². The van der Waals surface area contributed by atoms with Crippen molar-refractivity contribution in [3.8, 4) is 24.0 Å². The molecule has 2 fully saturated rings. The van der Waals surface area contributed by atoms with Crippen molar-refractivity contribution in [3.63, 3.8) is 0 Å². The number of aromatic nitrogens is 2. The summed E-state index contributed by atoms with van der Waals surface area (Å²) in [6.07, 6.45) is 8.52. The number of carbonyl (C=O) groups is 1. The van der Waals surface area contributed by atoms with Gasteiger partial charge in [-0.15, -0.1) is 6.42 Å². The molecule has 2 aliphatic rings. The molecule has 3 aromatic rings. The maximum absolute atomic E-state index is 13.7. The second-order valence-electron chi connectivity index (χ2n) is 11.0. The van der Waals surface area contributed by atoms with Gasteiger partial charge in [0.1, 0.15) is 23.5 Å². The minimum absolute atomic E-state index is 0.0228. The molecule has 1 aromatic heterocycles. The van der Waals surface area contributed by atoms with Crippen LogP contribution >= 0.6 is 0 Å². The Hall–Kier alpha value is -4.20. The summed E-state index contributed by atoms with van der Waals surface area (Å²) in [6, 6.07) is 14.8. The van der Waals surface area contributed by atoms with Crippen molar-refractivity contribution in [2.45, 2.75) is 55.8 Å². The fourth-order valence-corrected chi connectivity index (χ4v) is 5.83. The number of carbonyl (C=O) groups excluding carboxylic acids is 1. The topological polar surface area (TPSA) is 131 Å². The van der Waals surface area contributed by atoms with E-state index in [0.29, 0.717) is 32.4 Å². The standard InChI is InChI=1S/C31H33FN4O5/c1-2-30(39)13-12-24(25(18-30)21-6-4-3-5-7-21)28(37)35-16-14-31(40,15-17-35)19-36-20-34-27(26(33)29(36)38)41-23-10-8-22(32)9-11-23/h1,3-11,20,24-25,39-40H,12-19,33H2/t24-,25+,30-/m1/s1. The van der Waals surface area contributed by atoms with Crippen molar-refractivity contribution in [3.05, 3.63) is 82.7 Å². The van der Waals surface area contributed by atoms with Crippen LogP contribution < -0.4 is 16.0 Å². The Morgan fingerprint density at radius 1 is 1.12 bits per heavy atom. The minimum Gasteiger partial charge on any atom is -0.437 e. The highest BCUT2D eigenvalue weighted by atomic mass is 19.1. The second-order valence-corrected chi connectivity index (χ2v) is 11.0. The lowest BCUT2D eigenvalue weighted by molar-refractivity contribution is -0.143. The number of rotatable bonds is 6. The molecule has 41 heavy (non-hydrogen) atoms. The Morgan fingerprint density at radius 3 is 2.46 bits per heavy atom. The molecule has 1 amide bonds. The van der Waals surface area contributed by atoms with Crippen LogP contribution in [-0.4, -0.2) is 54.9 Å². The van der Waals surface area contributed by atoms with E-state index in [2.05, 4.69) is 10.9 Å². The van der Waals surface area contributed by atoms with Gasteiger partial charge in [-0.2, -0.15) is 0 Å². The van der Waals surface area contributed by atoms with Crippen molar-refractivity contribution >= 4 is 11.6 Å². The molecule has 9 nitrogen and oxygen atoms in total. The van der Waals surface area contributed by atoms with Crippen LogP contribution in [0.4, 0.5) is 10.1 Å². The molecule has 4 N–H and O–H groups in total. The van der Waals surface area contributed by atoms with Crippen LogP contribution in [0, 0.1) is 24.1 Å². The number of hydrogen-bond donors (Lipinski definition) is 3. The molecule has 3 atom stereocenters. The second kappa shape index (κ2) is 11.4. The third kappa shape index (κ3) is 6.11. The highest BCUT2D eigenvalue weighted by Gasteiger charge is 2.44. The number of halogens is 1. The van der Waals surface area contributed by atoms with E-state index in [1.165, 1.54) is 35.2 Å². The molecule has 1 aliphatic heterocycles. The lowest BCUT2D eigenvalue weighted by atomic mass is 9.68. The zero-order valence-corrected chi connectivity index (χ0v) is 22.6. The van der Waals surface area contributed by atoms with Crippen molar-refractivity contribution in [2.75, 3.05) is 18.8 Å². The molecule has 214 valence electrons. The predicted molar refractivity (Wildman–Crippen MR) is 150 cm³/mol. The summed E-state index contributed by atoms with van der Waals surface area (Å²) in [4.78, 5) is 32.5. The van der Waals surface area contributed by atoms with Crippen LogP contribution in [0.1, 0.15) is 43.6 Å². The number of terminal acetylenes is 1. The predicted octanol–water partition coefficient (Wildman–Crippen LogP) is 3.06. The molecular weight excluding hydrogens is 527 g/mol. The lowest BCUT2D eigenvalue weighted by Crippen LogP contribution is -2.52. The molecular formula is C31H33FN4O5. The maximum atomic E-state index is 13.7. The van der Waals surface area contributed by atoms with Gasteiger partial charge in [0.15, 0.2) is 5.69 Å². The van der Waals surface area contributed by atoms with Crippen molar-refractivity contribution in [1.82, 2.24) is 14.5 Å². The Bertz CT molecular complexity index is 1500. The third-order valence-corrected chi connectivity index (χ3v) is 8.26. The number of nitrogens with two attached hydrogens (primary N) is 1. The summed E-state index contributed by atoms with van der Waals surface area (Å²) in [6.45, 7) is 0.583. The van der Waals surface area contributed by atoms with Gasteiger partial charge in [0.25, 0.3) is 5.56 Å². The molecule has 10 heteroatoms. The van der Waals surface area contributed by atoms with Gasteiger partial charge in [0.05, 0.1) is 12.1 Å². The van der Waals surface area contributed by atoms with E-state index < -0.39 is 22.6 Å². The number of nitrogen functional groups attached to an aromatic ring is 1. The van der Waals surface area contributed by atoms with Crippen molar-refractivity contribution in [2.24, 2.45) is 5.92 Å². The van der Waals surface area contributed by atoms with Crippen molar-refractivity contribution in [1.29, 1.82) is 0 Å². The number of anilines is 1. The summed E-state index contributed by atoms with van der Waals surface area (Å²) >= 11 is 0. The number of amides is 1. The van der Waals surface area contributed by atoms with Crippen LogP contribution in [0.3, 0.4) is 0 Å². The monoisotopic (exact) mass is 560 g/mol. The quantitative estimate of drug-likeness (QED) is 0.395. The zero-order chi connectivity index (χ0) is 29.2. The molecule has 5 rings (SSSR count). The highest BCUT2D eigenvalue weighted by Crippen LogP contribution is 2.43. The Morgan fingerprint density at radius 2 is 1.80 bits per heavy atom. The molecule has 1 saturated carbocycles. The summed E-state index contributed by atoms with van der Waals surface area (Å²) in [5.74, 6) is 1.67. The number of likely N-dealkylation sites (tertiary alicyclic amines) is 1. The fraction of sp³-hybridized carbons (Fsp3) is 0.387. The molecule has 1 saturated heterocycles. The number of aliphatic hydroxyl groups is 2. The first-order valence-electron chi connectivity index (χ1n) is 13.6. The summed E-state index contributed by atoms with van der Waals surface area (Å²) in [5, 5.41) is 22.1. The van der Waals surface area contributed by atoms with Crippen LogP contribution in [0.2, 0.25) is 0 Å². The molecule has 2 heterocycles. The van der Waals surface area contributed by atoms with Crippen LogP contribution in [0.15, 0.2) is 65.7 Å². The zero-order valence-electron chi connectivity index (χ0n) is 22.6. The van der Waals surface area contributed by atoms with Gasteiger partial charge in [0, 0.05) is 19.0 Å². The van der Waals surface area contributed by atoms with E-state index in [-0.39, 0.29) is 54.4 Å². The van der Waals surface area contributed by atoms with E-state index in [9.17, 15) is 24.2 Å². The van der Waals surface area contributed by atoms with E-state index >= 15 is 0 Å². The van der Waals surface area contributed by atoms with Gasteiger partial charge < -0.3 is 25.6 Å². The van der Waals surface area contributed by atoms with Gasteiger partial charge >= 0.3 is 0 Å². The van der Waals surface area contributed by atoms with Crippen LogP contribution in [-0.2, 0) is 11.3 Å². The molecule has 0 bridgehead atoms. The normalized spacial score (nSPS) is 23.9. The van der Waals surface area contributed by atoms with E-state index in [1.807, 2.05) is 30.3 Å². The van der Waals surface area contributed by atoms with Gasteiger partial charge in [-0.05, 0) is 67.9 Å². The molecule has 0 spiro atoms. The molecule has 2 aromatic carbocycles. The minimum atomic E-state index is -1.25. The number of benzene rings is 2. The van der Waals surface area contributed by atoms with Gasteiger partial charge in [0.2, 0.25) is 11.8 Å². The Balaban J connectivity index is 1.25. The smallest absolute Gasteiger partial charge is 0.280 e. The van der Waals surface area contributed by atoms with E-state index in [0.717, 1.165) is 5.56 Å². The summed E-state index contributed by atoms with van der Waals surface area (Å²) < 4.78 is 19.9. The molecule has 1 aliphatic carbocycles. The summed E-state index contributed by atoms with van der Waals surface area (Å²) in [7, 11) is 0. The number of piperidine rings is 1. The first-order chi connectivity index (χ1) is 19.6.